The molecule has 0 aliphatic carbocycles. The van der Waals surface area contributed by atoms with Crippen molar-refractivity contribution in [3.05, 3.63) is 86.1 Å². The van der Waals surface area contributed by atoms with E-state index in [1.54, 1.807) is 6.07 Å². The Balaban J connectivity index is 1.69. The highest BCUT2D eigenvalue weighted by Crippen LogP contribution is 2.24. The van der Waals surface area contributed by atoms with Crippen LogP contribution in [0.5, 0.6) is 5.75 Å². The summed E-state index contributed by atoms with van der Waals surface area (Å²) in [5.74, 6) is 0.555. The molecule has 0 amide bonds. The van der Waals surface area contributed by atoms with Crippen molar-refractivity contribution in [2.45, 2.75) is 20.5 Å². The lowest BCUT2D eigenvalue weighted by molar-refractivity contribution is 0.306. The molecule has 4 aromatic rings. The zero-order valence-electron chi connectivity index (χ0n) is 14.4. The monoisotopic (exact) mass is 348 g/mol. The van der Waals surface area contributed by atoms with Gasteiger partial charge in [-0.15, -0.1) is 0 Å². The van der Waals surface area contributed by atoms with Crippen molar-refractivity contribution in [1.82, 2.24) is 0 Å². The van der Waals surface area contributed by atoms with E-state index in [9.17, 15) is 9.59 Å². The maximum absolute atomic E-state index is 11.8. The number of ether oxygens (including phenoxy) is 1. The molecule has 26 heavy (non-hydrogen) atoms. The van der Waals surface area contributed by atoms with Gasteiger partial charge >= 0.3 is 11.3 Å². The molecule has 0 saturated heterocycles. The van der Waals surface area contributed by atoms with Crippen LogP contribution < -0.4 is 16.0 Å². The van der Waals surface area contributed by atoms with Gasteiger partial charge in [0, 0.05) is 34.5 Å². The van der Waals surface area contributed by atoms with E-state index >= 15 is 0 Å². The average molecular weight is 348 g/mol. The Labute approximate surface area is 148 Å². The fraction of sp³-hybridized carbons (Fsp3) is 0.143. The molecule has 5 nitrogen and oxygen atoms in total. The second kappa shape index (κ2) is 6.19. The summed E-state index contributed by atoms with van der Waals surface area (Å²) in [6.45, 7) is 4.00. The van der Waals surface area contributed by atoms with E-state index in [-0.39, 0.29) is 6.61 Å². The molecule has 2 heterocycles. The fourth-order valence-corrected chi connectivity index (χ4v) is 3.01. The second-order valence-corrected chi connectivity index (χ2v) is 6.29. The van der Waals surface area contributed by atoms with E-state index in [4.69, 9.17) is 13.6 Å². The second-order valence-electron chi connectivity index (χ2n) is 6.29. The summed E-state index contributed by atoms with van der Waals surface area (Å²) in [4.78, 5) is 23.4. The Bertz CT molecular complexity index is 1250. The van der Waals surface area contributed by atoms with Crippen LogP contribution in [0.4, 0.5) is 0 Å². The number of hydrogen-bond acceptors (Lipinski definition) is 5. The largest absolute Gasteiger partial charge is 0.489 e. The van der Waals surface area contributed by atoms with Crippen molar-refractivity contribution in [2.24, 2.45) is 0 Å². The first-order chi connectivity index (χ1) is 12.5. The molecule has 2 aromatic heterocycles. The number of aryl methyl sites for hydroxylation is 2. The number of hydrogen-bond donors (Lipinski definition) is 0. The van der Waals surface area contributed by atoms with Gasteiger partial charge in [-0.05, 0) is 43.2 Å². The van der Waals surface area contributed by atoms with E-state index in [2.05, 4.69) is 0 Å². The molecule has 130 valence electrons. The van der Waals surface area contributed by atoms with Crippen LogP contribution in [-0.2, 0) is 6.61 Å². The van der Waals surface area contributed by atoms with Crippen LogP contribution in [0.15, 0.2) is 67.0 Å². The van der Waals surface area contributed by atoms with Gasteiger partial charge in [0.05, 0.1) is 0 Å². The third-order valence-corrected chi connectivity index (χ3v) is 4.30. The van der Waals surface area contributed by atoms with Gasteiger partial charge in [-0.3, -0.25) is 0 Å². The van der Waals surface area contributed by atoms with Gasteiger partial charge in [0.1, 0.15) is 23.5 Å². The van der Waals surface area contributed by atoms with Crippen LogP contribution >= 0.6 is 0 Å². The molecule has 0 radical (unpaired) electrons. The van der Waals surface area contributed by atoms with Gasteiger partial charge in [-0.25, -0.2) is 9.59 Å². The van der Waals surface area contributed by atoms with E-state index in [1.807, 2.05) is 44.2 Å². The first-order valence-electron chi connectivity index (χ1n) is 8.20. The zero-order valence-corrected chi connectivity index (χ0v) is 14.4. The van der Waals surface area contributed by atoms with Gasteiger partial charge in [0.15, 0.2) is 0 Å². The van der Waals surface area contributed by atoms with Crippen LogP contribution in [0.2, 0.25) is 0 Å². The normalized spacial score (nSPS) is 11.2. The van der Waals surface area contributed by atoms with Crippen molar-refractivity contribution in [2.75, 3.05) is 0 Å². The topological polar surface area (TPSA) is 69.7 Å². The molecule has 0 bridgehead atoms. The maximum atomic E-state index is 11.8. The smallest absolute Gasteiger partial charge is 0.336 e. The van der Waals surface area contributed by atoms with Crippen molar-refractivity contribution in [3.8, 4) is 5.75 Å². The molecule has 0 saturated carbocycles. The molecule has 0 aliphatic heterocycles. The SMILES string of the molecule is Cc1ccc2c(COc3ccc4c(C)cc(=O)oc4c3)cc(=O)oc2c1. The van der Waals surface area contributed by atoms with Gasteiger partial charge in [-0.1, -0.05) is 12.1 Å². The molecule has 0 N–H and O–H groups in total. The molecular weight excluding hydrogens is 332 g/mol. The van der Waals surface area contributed by atoms with Gasteiger partial charge < -0.3 is 13.6 Å². The van der Waals surface area contributed by atoms with Crippen LogP contribution in [0, 0.1) is 13.8 Å². The van der Waals surface area contributed by atoms with Crippen molar-refractivity contribution in [3.63, 3.8) is 0 Å². The minimum absolute atomic E-state index is 0.201. The lowest BCUT2D eigenvalue weighted by Gasteiger charge is -2.09. The zero-order chi connectivity index (χ0) is 18.3. The number of rotatable bonds is 3. The molecule has 0 aliphatic rings. The standard InChI is InChI=1S/C21H16O5/c1-12-3-5-17-14(9-21(23)25-18(17)7-12)11-24-15-4-6-16-13(2)8-20(22)26-19(16)10-15/h3-10H,11H2,1-2H3. The molecule has 4 rings (SSSR count). The van der Waals surface area contributed by atoms with Crippen LogP contribution in [0.25, 0.3) is 21.9 Å². The molecule has 2 aromatic carbocycles. The van der Waals surface area contributed by atoms with Gasteiger partial charge in [0.2, 0.25) is 0 Å². The van der Waals surface area contributed by atoms with Crippen molar-refractivity contribution < 1.29 is 13.6 Å². The summed E-state index contributed by atoms with van der Waals surface area (Å²) < 4.78 is 16.3. The Morgan fingerprint density at radius 3 is 2.31 bits per heavy atom. The van der Waals surface area contributed by atoms with Crippen LogP contribution in [0.3, 0.4) is 0 Å². The lowest BCUT2D eigenvalue weighted by Crippen LogP contribution is -2.04. The predicted molar refractivity (Wildman–Crippen MR) is 98.8 cm³/mol. The summed E-state index contributed by atoms with van der Waals surface area (Å²) in [6.07, 6.45) is 0. The van der Waals surface area contributed by atoms with Crippen molar-refractivity contribution in [1.29, 1.82) is 0 Å². The summed E-state index contributed by atoms with van der Waals surface area (Å²) in [7, 11) is 0. The van der Waals surface area contributed by atoms with E-state index in [1.165, 1.54) is 12.1 Å². The Morgan fingerprint density at radius 1 is 0.808 bits per heavy atom. The molecule has 0 atom stereocenters. The molecule has 0 fully saturated rings. The van der Waals surface area contributed by atoms with Gasteiger partial charge in [0.25, 0.3) is 0 Å². The van der Waals surface area contributed by atoms with Crippen LogP contribution in [0.1, 0.15) is 16.7 Å². The molecular formula is C21H16O5. The lowest BCUT2D eigenvalue weighted by atomic mass is 10.1. The first-order valence-corrected chi connectivity index (χ1v) is 8.20. The highest BCUT2D eigenvalue weighted by atomic mass is 16.5. The predicted octanol–water partition coefficient (Wildman–Crippen LogP) is 4.10. The van der Waals surface area contributed by atoms with Gasteiger partial charge in [-0.2, -0.15) is 0 Å². The third kappa shape index (κ3) is 2.99. The Morgan fingerprint density at radius 2 is 1.50 bits per heavy atom. The Kier molecular flexibility index (Phi) is 3.84. The highest BCUT2D eigenvalue weighted by molar-refractivity contribution is 5.82. The van der Waals surface area contributed by atoms with E-state index in [0.717, 1.165) is 27.5 Å². The molecule has 0 unspecified atom stereocenters. The minimum atomic E-state index is -0.415. The Hall–Kier alpha value is -3.34. The summed E-state index contributed by atoms with van der Waals surface area (Å²) in [5, 5.41) is 1.69. The third-order valence-electron chi connectivity index (χ3n) is 4.30. The number of fused-ring (bicyclic) bond motifs is 2. The van der Waals surface area contributed by atoms with E-state index < -0.39 is 11.3 Å². The fourth-order valence-electron chi connectivity index (χ4n) is 3.01. The van der Waals surface area contributed by atoms with Crippen molar-refractivity contribution >= 4 is 21.9 Å². The number of benzene rings is 2. The first kappa shape index (κ1) is 16.1. The highest BCUT2D eigenvalue weighted by Gasteiger charge is 2.08. The van der Waals surface area contributed by atoms with E-state index in [0.29, 0.717) is 16.9 Å². The summed E-state index contributed by atoms with van der Waals surface area (Å²) in [6, 6.07) is 13.9. The average Bonchev–Trinajstić information content (AvgIpc) is 2.58. The molecule has 5 heteroatoms. The summed E-state index contributed by atoms with van der Waals surface area (Å²) in [5.41, 5.74) is 2.80. The minimum Gasteiger partial charge on any atom is -0.489 e. The van der Waals surface area contributed by atoms with Crippen LogP contribution in [-0.4, -0.2) is 0 Å². The molecule has 0 spiro atoms. The summed E-state index contributed by atoms with van der Waals surface area (Å²) >= 11 is 0. The maximum Gasteiger partial charge on any atom is 0.336 e. The quantitative estimate of drug-likeness (QED) is 0.522.